The number of methoxy groups -OCH3 is 2. The Balaban J connectivity index is 1.91. The summed E-state index contributed by atoms with van der Waals surface area (Å²) < 4.78 is 10.6. The highest BCUT2D eigenvalue weighted by molar-refractivity contribution is 5.69. The second-order valence-electron chi connectivity index (χ2n) is 6.26. The number of benzene rings is 1. The third kappa shape index (κ3) is 4.61. The summed E-state index contributed by atoms with van der Waals surface area (Å²) in [7, 11) is 3.28. The van der Waals surface area contributed by atoms with Crippen molar-refractivity contribution in [1.82, 2.24) is 4.90 Å². The Bertz CT molecular complexity index is 532. The van der Waals surface area contributed by atoms with Crippen molar-refractivity contribution in [2.75, 3.05) is 27.3 Å². The minimum atomic E-state index is -0.661. The first kappa shape index (κ1) is 17.6. The van der Waals surface area contributed by atoms with Crippen molar-refractivity contribution in [3.63, 3.8) is 0 Å². The summed E-state index contributed by atoms with van der Waals surface area (Å²) in [6, 6.07) is 6.00. The van der Waals surface area contributed by atoms with Gasteiger partial charge < -0.3 is 14.6 Å². The van der Waals surface area contributed by atoms with Crippen LogP contribution in [0.1, 0.15) is 31.7 Å². The van der Waals surface area contributed by atoms with E-state index < -0.39 is 5.97 Å². The molecule has 1 aromatic rings. The van der Waals surface area contributed by atoms with Crippen molar-refractivity contribution < 1.29 is 19.4 Å². The summed E-state index contributed by atoms with van der Waals surface area (Å²) in [4.78, 5) is 13.6. The van der Waals surface area contributed by atoms with Gasteiger partial charge in [-0.25, -0.2) is 0 Å². The van der Waals surface area contributed by atoms with Crippen molar-refractivity contribution in [1.29, 1.82) is 0 Å². The van der Waals surface area contributed by atoms with Crippen LogP contribution in [0.5, 0.6) is 11.5 Å². The van der Waals surface area contributed by atoms with Gasteiger partial charge in [0.05, 0.1) is 20.1 Å². The number of carbonyl (C=O) groups is 1. The average Bonchev–Trinajstić information content (AvgIpc) is 2.99. The zero-order valence-electron chi connectivity index (χ0n) is 14.2. The zero-order valence-corrected chi connectivity index (χ0v) is 14.2. The fraction of sp³-hybridized carbons (Fsp3) is 0.611. The third-order valence-corrected chi connectivity index (χ3v) is 4.68. The summed E-state index contributed by atoms with van der Waals surface area (Å²) in [5.41, 5.74) is 1.19. The summed E-state index contributed by atoms with van der Waals surface area (Å²) >= 11 is 0. The number of hydrogen-bond acceptors (Lipinski definition) is 4. The lowest BCUT2D eigenvalue weighted by Crippen LogP contribution is -2.22. The minimum absolute atomic E-state index is 0.207. The van der Waals surface area contributed by atoms with Crippen LogP contribution >= 0.6 is 0 Å². The quantitative estimate of drug-likeness (QED) is 0.797. The lowest BCUT2D eigenvalue weighted by atomic mass is 9.92. The Morgan fingerprint density at radius 3 is 2.70 bits per heavy atom. The highest BCUT2D eigenvalue weighted by atomic mass is 16.5. The normalized spacial score (nSPS) is 19.5. The Hall–Kier alpha value is -1.75. The highest BCUT2D eigenvalue weighted by Crippen LogP contribution is 2.30. The smallest absolute Gasteiger partial charge is 0.306 e. The molecule has 23 heavy (non-hydrogen) atoms. The zero-order chi connectivity index (χ0) is 16.8. The van der Waals surface area contributed by atoms with Gasteiger partial charge in [0.25, 0.3) is 0 Å². The third-order valence-electron chi connectivity index (χ3n) is 4.68. The van der Waals surface area contributed by atoms with Crippen LogP contribution in [0.15, 0.2) is 18.2 Å². The molecule has 1 N–H and O–H groups in total. The number of likely N-dealkylation sites (tertiary alicyclic amines) is 1. The molecule has 1 aliphatic heterocycles. The molecule has 0 spiro atoms. The van der Waals surface area contributed by atoms with E-state index in [4.69, 9.17) is 9.47 Å². The average molecular weight is 321 g/mol. The molecule has 1 heterocycles. The van der Waals surface area contributed by atoms with E-state index in [0.29, 0.717) is 12.3 Å². The predicted molar refractivity (Wildman–Crippen MR) is 89.0 cm³/mol. The van der Waals surface area contributed by atoms with Crippen LogP contribution in [0, 0.1) is 11.8 Å². The fourth-order valence-electron chi connectivity index (χ4n) is 3.33. The van der Waals surface area contributed by atoms with Gasteiger partial charge in [-0.15, -0.1) is 0 Å². The fourth-order valence-corrected chi connectivity index (χ4v) is 3.33. The first-order valence-electron chi connectivity index (χ1n) is 8.23. The van der Waals surface area contributed by atoms with Gasteiger partial charge in [-0.2, -0.15) is 0 Å². The van der Waals surface area contributed by atoms with Gasteiger partial charge in [-0.05, 0) is 49.4 Å². The van der Waals surface area contributed by atoms with Crippen LogP contribution in [0.3, 0.4) is 0 Å². The van der Waals surface area contributed by atoms with Gasteiger partial charge in [-0.1, -0.05) is 13.0 Å². The number of hydrogen-bond donors (Lipinski definition) is 1. The van der Waals surface area contributed by atoms with E-state index in [-0.39, 0.29) is 5.92 Å². The van der Waals surface area contributed by atoms with Gasteiger partial charge >= 0.3 is 5.97 Å². The molecule has 5 nitrogen and oxygen atoms in total. The second-order valence-corrected chi connectivity index (χ2v) is 6.26. The maximum Gasteiger partial charge on any atom is 0.306 e. The molecule has 2 atom stereocenters. The van der Waals surface area contributed by atoms with Crippen LogP contribution in [0.25, 0.3) is 0 Å². The number of ether oxygens (including phenoxy) is 2. The number of carboxylic acid groups (broad SMARTS) is 1. The topological polar surface area (TPSA) is 59.0 Å². The molecule has 0 aliphatic carbocycles. The molecule has 1 aromatic carbocycles. The SMILES string of the molecule is CCC(CC1CCN(Cc2ccc(OC)c(OC)c2)C1)C(=O)O. The summed E-state index contributed by atoms with van der Waals surface area (Å²) in [6.07, 6.45) is 2.58. The second kappa shape index (κ2) is 8.20. The van der Waals surface area contributed by atoms with Crippen molar-refractivity contribution in [2.24, 2.45) is 11.8 Å². The molecule has 1 fully saturated rings. The Morgan fingerprint density at radius 2 is 2.09 bits per heavy atom. The van der Waals surface area contributed by atoms with E-state index in [1.807, 2.05) is 19.1 Å². The van der Waals surface area contributed by atoms with Crippen LogP contribution in [-0.4, -0.2) is 43.3 Å². The molecule has 0 amide bonds. The molecule has 0 bridgehead atoms. The lowest BCUT2D eigenvalue weighted by Gasteiger charge is -2.18. The molecule has 2 rings (SSSR count). The van der Waals surface area contributed by atoms with Crippen LogP contribution in [0.4, 0.5) is 0 Å². The van der Waals surface area contributed by atoms with E-state index >= 15 is 0 Å². The van der Waals surface area contributed by atoms with E-state index in [0.717, 1.165) is 44.0 Å². The van der Waals surface area contributed by atoms with Crippen molar-refractivity contribution >= 4 is 5.97 Å². The molecule has 1 saturated heterocycles. The molecule has 2 unspecified atom stereocenters. The maximum atomic E-state index is 11.2. The van der Waals surface area contributed by atoms with Gasteiger partial charge in [0, 0.05) is 13.1 Å². The number of nitrogens with zero attached hydrogens (tertiary/aromatic N) is 1. The number of rotatable bonds is 8. The molecule has 0 aromatic heterocycles. The summed E-state index contributed by atoms with van der Waals surface area (Å²) in [6.45, 7) is 4.81. The minimum Gasteiger partial charge on any atom is -0.493 e. The Morgan fingerprint density at radius 1 is 1.35 bits per heavy atom. The number of aliphatic carboxylic acids is 1. The summed E-state index contributed by atoms with van der Waals surface area (Å²) in [5.74, 6) is 1.10. The molecular weight excluding hydrogens is 294 g/mol. The highest BCUT2D eigenvalue weighted by Gasteiger charge is 2.27. The molecule has 128 valence electrons. The standard InChI is InChI=1S/C18H27NO4/c1-4-15(18(20)21)9-14-7-8-19(12-14)11-13-5-6-16(22-2)17(10-13)23-3/h5-6,10,14-15H,4,7-9,11-12H2,1-3H3,(H,20,21). The first-order chi connectivity index (χ1) is 11.1. The predicted octanol–water partition coefficient (Wildman–Crippen LogP) is 3.03. The van der Waals surface area contributed by atoms with Crippen LogP contribution < -0.4 is 9.47 Å². The molecule has 0 saturated carbocycles. The van der Waals surface area contributed by atoms with Gasteiger partial charge in [-0.3, -0.25) is 9.69 Å². The Kier molecular flexibility index (Phi) is 6.28. The van der Waals surface area contributed by atoms with E-state index in [1.165, 1.54) is 5.56 Å². The first-order valence-corrected chi connectivity index (χ1v) is 8.23. The van der Waals surface area contributed by atoms with E-state index in [2.05, 4.69) is 11.0 Å². The Labute approximate surface area is 138 Å². The van der Waals surface area contributed by atoms with Crippen LogP contribution in [-0.2, 0) is 11.3 Å². The molecule has 1 aliphatic rings. The van der Waals surface area contributed by atoms with Crippen molar-refractivity contribution in [3.05, 3.63) is 23.8 Å². The number of carboxylic acids is 1. The monoisotopic (exact) mass is 321 g/mol. The molecular formula is C18H27NO4. The van der Waals surface area contributed by atoms with Crippen molar-refractivity contribution in [3.8, 4) is 11.5 Å². The van der Waals surface area contributed by atoms with E-state index in [1.54, 1.807) is 14.2 Å². The van der Waals surface area contributed by atoms with Crippen LogP contribution in [0.2, 0.25) is 0 Å². The van der Waals surface area contributed by atoms with Gasteiger partial charge in [0.1, 0.15) is 0 Å². The largest absolute Gasteiger partial charge is 0.493 e. The van der Waals surface area contributed by atoms with Crippen molar-refractivity contribution in [2.45, 2.75) is 32.7 Å². The summed E-state index contributed by atoms with van der Waals surface area (Å²) in [5, 5.41) is 9.20. The molecule has 5 heteroatoms. The molecule has 0 radical (unpaired) electrons. The lowest BCUT2D eigenvalue weighted by molar-refractivity contribution is -0.142. The van der Waals surface area contributed by atoms with Gasteiger partial charge in [0.15, 0.2) is 11.5 Å². The van der Waals surface area contributed by atoms with Gasteiger partial charge in [0.2, 0.25) is 0 Å². The van der Waals surface area contributed by atoms with E-state index in [9.17, 15) is 9.90 Å². The maximum absolute atomic E-state index is 11.2.